The van der Waals surface area contributed by atoms with E-state index in [9.17, 15) is 9.18 Å². The van der Waals surface area contributed by atoms with Gasteiger partial charge in [0.25, 0.3) is 0 Å². The molecule has 6 heteroatoms. The first-order valence-corrected chi connectivity index (χ1v) is 6.04. The van der Waals surface area contributed by atoms with Gasteiger partial charge in [-0.05, 0) is 36.0 Å². The van der Waals surface area contributed by atoms with Crippen molar-refractivity contribution < 1.29 is 13.9 Å². The number of thiocarbonyl (C=S) groups is 1. The molecule has 0 aromatic heterocycles. The highest BCUT2D eigenvalue weighted by molar-refractivity contribution is 7.80. The lowest BCUT2D eigenvalue weighted by atomic mass is 10.2. The van der Waals surface area contributed by atoms with Crippen molar-refractivity contribution in [3.63, 3.8) is 0 Å². The molecule has 1 aromatic carbocycles. The maximum absolute atomic E-state index is 12.7. The van der Waals surface area contributed by atoms with Crippen LogP contribution in [0.4, 0.5) is 4.39 Å². The number of carbonyl (C=O) groups is 1. The van der Waals surface area contributed by atoms with Gasteiger partial charge in [0.15, 0.2) is 5.11 Å². The lowest BCUT2D eigenvalue weighted by Gasteiger charge is -2.06. The van der Waals surface area contributed by atoms with Gasteiger partial charge in [-0.25, -0.2) is 4.39 Å². The van der Waals surface area contributed by atoms with Crippen LogP contribution in [0.25, 0.3) is 6.08 Å². The van der Waals surface area contributed by atoms with Gasteiger partial charge in [0, 0.05) is 19.7 Å². The van der Waals surface area contributed by atoms with E-state index in [1.165, 1.54) is 18.2 Å². The van der Waals surface area contributed by atoms with Gasteiger partial charge in [-0.2, -0.15) is 0 Å². The lowest BCUT2D eigenvalue weighted by molar-refractivity contribution is -0.115. The topological polar surface area (TPSA) is 50.4 Å². The Labute approximate surface area is 116 Å². The molecule has 0 saturated carbocycles. The molecule has 1 aromatic rings. The first kappa shape index (κ1) is 15.3. The second-order valence-electron chi connectivity index (χ2n) is 3.62. The average molecular weight is 282 g/mol. The number of carbonyl (C=O) groups excluding carboxylic acids is 1. The summed E-state index contributed by atoms with van der Waals surface area (Å²) in [6.07, 6.45) is 2.91. The van der Waals surface area contributed by atoms with Gasteiger partial charge >= 0.3 is 0 Å². The number of nitrogens with one attached hydrogen (secondary N) is 2. The zero-order valence-electron chi connectivity index (χ0n) is 10.5. The van der Waals surface area contributed by atoms with Gasteiger partial charge in [0.2, 0.25) is 5.91 Å². The van der Waals surface area contributed by atoms with E-state index in [4.69, 9.17) is 17.0 Å². The van der Waals surface area contributed by atoms with Crippen LogP contribution in [-0.4, -0.2) is 31.3 Å². The number of rotatable bonds is 5. The molecule has 0 aliphatic heterocycles. The Hall–Kier alpha value is -1.79. The predicted molar refractivity (Wildman–Crippen MR) is 76.1 cm³/mol. The molecule has 0 aliphatic carbocycles. The largest absolute Gasteiger partial charge is 0.383 e. The molecule has 1 amide bonds. The van der Waals surface area contributed by atoms with E-state index in [0.717, 1.165) is 5.56 Å². The number of hydrogen-bond donors (Lipinski definition) is 2. The summed E-state index contributed by atoms with van der Waals surface area (Å²) in [6.45, 7) is 1.03. The molecular formula is C13H15FN2O2S. The van der Waals surface area contributed by atoms with Crippen molar-refractivity contribution in [2.24, 2.45) is 0 Å². The van der Waals surface area contributed by atoms with Crippen molar-refractivity contribution in [2.75, 3.05) is 20.3 Å². The van der Waals surface area contributed by atoms with Crippen molar-refractivity contribution in [2.45, 2.75) is 0 Å². The molecule has 0 atom stereocenters. The van der Waals surface area contributed by atoms with Crippen molar-refractivity contribution in [3.8, 4) is 0 Å². The van der Waals surface area contributed by atoms with E-state index in [1.54, 1.807) is 25.3 Å². The predicted octanol–water partition coefficient (Wildman–Crippen LogP) is 1.48. The van der Waals surface area contributed by atoms with Crippen molar-refractivity contribution in [3.05, 3.63) is 41.7 Å². The van der Waals surface area contributed by atoms with E-state index in [1.807, 2.05) is 0 Å². The maximum atomic E-state index is 12.7. The van der Waals surface area contributed by atoms with Gasteiger partial charge in [0.05, 0.1) is 6.61 Å². The minimum atomic E-state index is -0.348. The smallest absolute Gasteiger partial charge is 0.250 e. The summed E-state index contributed by atoms with van der Waals surface area (Å²) in [6, 6.07) is 5.81. The van der Waals surface area contributed by atoms with Crippen LogP contribution < -0.4 is 10.6 Å². The van der Waals surface area contributed by atoms with Crippen molar-refractivity contribution in [1.29, 1.82) is 0 Å². The van der Waals surface area contributed by atoms with Crippen LogP contribution in [-0.2, 0) is 9.53 Å². The molecular weight excluding hydrogens is 267 g/mol. The first-order valence-electron chi connectivity index (χ1n) is 5.63. The number of halogens is 1. The highest BCUT2D eigenvalue weighted by Crippen LogP contribution is 2.04. The van der Waals surface area contributed by atoms with E-state index in [2.05, 4.69) is 10.6 Å². The van der Waals surface area contributed by atoms with E-state index < -0.39 is 0 Å². The van der Waals surface area contributed by atoms with Crippen LogP contribution >= 0.6 is 12.2 Å². The molecule has 0 heterocycles. The van der Waals surface area contributed by atoms with Crippen LogP contribution in [0.3, 0.4) is 0 Å². The standard InChI is InChI=1S/C13H15FN2O2S/c1-18-9-8-15-13(19)16-12(17)7-4-10-2-5-11(14)6-3-10/h2-7H,8-9H2,1H3,(H2,15,16,17,19). The zero-order chi connectivity index (χ0) is 14.1. The first-order chi connectivity index (χ1) is 9.11. The van der Waals surface area contributed by atoms with Crippen LogP contribution in [0.1, 0.15) is 5.56 Å². The monoisotopic (exact) mass is 282 g/mol. The summed E-state index contributed by atoms with van der Waals surface area (Å²) in [5.41, 5.74) is 0.731. The number of benzene rings is 1. The fraction of sp³-hybridized carbons (Fsp3) is 0.231. The molecule has 0 spiro atoms. The minimum absolute atomic E-state index is 0.241. The quantitative estimate of drug-likeness (QED) is 0.488. The maximum Gasteiger partial charge on any atom is 0.250 e. The van der Waals surface area contributed by atoms with Crippen LogP contribution in [0.2, 0.25) is 0 Å². The fourth-order valence-corrected chi connectivity index (χ4v) is 1.41. The zero-order valence-corrected chi connectivity index (χ0v) is 11.3. The second-order valence-corrected chi connectivity index (χ2v) is 4.03. The van der Waals surface area contributed by atoms with Crippen molar-refractivity contribution >= 4 is 29.3 Å². The molecule has 1 rings (SSSR count). The highest BCUT2D eigenvalue weighted by atomic mass is 32.1. The third kappa shape index (κ3) is 6.64. The van der Waals surface area contributed by atoms with Crippen molar-refractivity contribution in [1.82, 2.24) is 10.6 Å². The summed E-state index contributed by atoms with van der Waals surface area (Å²) >= 11 is 4.91. The average Bonchev–Trinajstić information content (AvgIpc) is 2.38. The van der Waals surface area contributed by atoms with Crippen LogP contribution in [0.5, 0.6) is 0 Å². The molecule has 4 nitrogen and oxygen atoms in total. The molecule has 0 aliphatic rings. The van der Waals surface area contributed by atoms with E-state index in [-0.39, 0.29) is 16.8 Å². The highest BCUT2D eigenvalue weighted by Gasteiger charge is 1.99. The summed E-state index contributed by atoms with van der Waals surface area (Å²) in [7, 11) is 1.58. The minimum Gasteiger partial charge on any atom is -0.383 e. The van der Waals surface area contributed by atoms with Gasteiger partial charge in [-0.1, -0.05) is 12.1 Å². The SMILES string of the molecule is COCCNC(=S)NC(=O)C=Cc1ccc(F)cc1. The van der Waals surface area contributed by atoms with Crippen LogP contribution in [0, 0.1) is 5.82 Å². The van der Waals surface area contributed by atoms with E-state index in [0.29, 0.717) is 13.2 Å². The normalized spacial score (nSPS) is 10.4. The fourth-order valence-electron chi connectivity index (χ4n) is 1.21. The third-order valence-electron chi connectivity index (χ3n) is 2.13. The van der Waals surface area contributed by atoms with Gasteiger partial charge in [-0.3, -0.25) is 10.1 Å². The Morgan fingerprint density at radius 1 is 1.42 bits per heavy atom. The third-order valence-corrected chi connectivity index (χ3v) is 2.37. The Morgan fingerprint density at radius 3 is 2.74 bits per heavy atom. The molecule has 0 bridgehead atoms. The summed E-state index contributed by atoms with van der Waals surface area (Å²) in [4.78, 5) is 11.5. The Bertz CT molecular complexity index is 460. The summed E-state index contributed by atoms with van der Waals surface area (Å²) in [5, 5.41) is 5.54. The molecule has 19 heavy (non-hydrogen) atoms. The molecule has 0 saturated heterocycles. The molecule has 2 N–H and O–H groups in total. The number of hydrogen-bond acceptors (Lipinski definition) is 3. The van der Waals surface area contributed by atoms with Gasteiger partial charge < -0.3 is 10.1 Å². The molecule has 0 fully saturated rings. The Morgan fingerprint density at radius 2 is 2.11 bits per heavy atom. The number of methoxy groups -OCH3 is 1. The second kappa shape index (κ2) is 8.34. The Balaban J connectivity index is 2.38. The van der Waals surface area contributed by atoms with E-state index >= 15 is 0 Å². The number of amides is 1. The Kier molecular flexibility index (Phi) is 6.70. The lowest BCUT2D eigenvalue weighted by Crippen LogP contribution is -2.39. The molecule has 102 valence electrons. The van der Waals surface area contributed by atoms with Crippen LogP contribution in [0.15, 0.2) is 30.3 Å². The molecule has 0 unspecified atom stereocenters. The van der Waals surface area contributed by atoms with Gasteiger partial charge in [-0.15, -0.1) is 0 Å². The number of ether oxygens (including phenoxy) is 1. The summed E-state index contributed by atoms with van der Waals surface area (Å²) in [5.74, 6) is -0.663. The summed E-state index contributed by atoms with van der Waals surface area (Å²) < 4.78 is 17.5. The van der Waals surface area contributed by atoms with Gasteiger partial charge in [0.1, 0.15) is 5.82 Å². The molecule has 0 radical (unpaired) electrons.